The van der Waals surface area contributed by atoms with E-state index in [1.807, 2.05) is 13.8 Å². The SMILES string of the molecule is Cc1c(C(=O)N[C@@H](CC(C)C)C(=O)OC(C)(C)C)sc2ncn(C)c(=O)c12. The molecule has 1 amide bonds. The van der Waals surface area contributed by atoms with Crippen molar-refractivity contribution in [3.8, 4) is 0 Å². The van der Waals surface area contributed by atoms with E-state index >= 15 is 0 Å². The second-order valence-corrected chi connectivity index (χ2v) is 9.09. The summed E-state index contributed by atoms with van der Waals surface area (Å²) in [6.07, 6.45) is 1.90. The Labute approximate surface area is 162 Å². The Morgan fingerprint density at radius 2 is 1.96 bits per heavy atom. The molecule has 1 N–H and O–H groups in total. The molecule has 27 heavy (non-hydrogen) atoms. The summed E-state index contributed by atoms with van der Waals surface area (Å²) in [4.78, 5) is 42.8. The summed E-state index contributed by atoms with van der Waals surface area (Å²) in [5.74, 6) is -0.660. The number of carbonyl (C=O) groups is 2. The Bertz CT molecular complexity index is 921. The van der Waals surface area contributed by atoms with E-state index in [9.17, 15) is 14.4 Å². The Balaban J connectivity index is 2.33. The topological polar surface area (TPSA) is 90.3 Å². The van der Waals surface area contributed by atoms with Crippen LogP contribution < -0.4 is 10.9 Å². The van der Waals surface area contributed by atoms with Gasteiger partial charge in [-0.15, -0.1) is 11.3 Å². The molecule has 0 unspecified atom stereocenters. The number of rotatable bonds is 5. The van der Waals surface area contributed by atoms with Gasteiger partial charge in [0, 0.05) is 7.05 Å². The lowest BCUT2D eigenvalue weighted by Gasteiger charge is -2.25. The third-order valence-corrected chi connectivity index (χ3v) is 5.12. The number of aryl methyl sites for hydroxylation is 2. The van der Waals surface area contributed by atoms with Crippen LogP contribution >= 0.6 is 11.3 Å². The highest BCUT2D eigenvalue weighted by atomic mass is 32.1. The molecule has 7 nitrogen and oxygen atoms in total. The average Bonchev–Trinajstić information content (AvgIpc) is 2.86. The first-order chi connectivity index (χ1) is 12.4. The number of amides is 1. The van der Waals surface area contributed by atoms with Gasteiger partial charge < -0.3 is 14.6 Å². The van der Waals surface area contributed by atoms with Crippen LogP contribution in [0.2, 0.25) is 0 Å². The molecule has 2 aromatic heterocycles. The van der Waals surface area contributed by atoms with Crippen LogP contribution in [-0.4, -0.2) is 33.1 Å². The minimum atomic E-state index is -0.753. The fraction of sp³-hybridized carbons (Fsp3) is 0.579. The van der Waals surface area contributed by atoms with Crippen LogP contribution in [0.15, 0.2) is 11.1 Å². The van der Waals surface area contributed by atoms with Crippen LogP contribution in [0, 0.1) is 12.8 Å². The third kappa shape index (κ3) is 4.94. The maximum atomic E-state index is 12.8. The Hall–Kier alpha value is -2.22. The maximum Gasteiger partial charge on any atom is 0.329 e. The number of nitrogens with zero attached hydrogens (tertiary/aromatic N) is 2. The average molecular weight is 394 g/mol. The second kappa shape index (κ2) is 7.80. The maximum absolute atomic E-state index is 12.8. The van der Waals surface area contributed by atoms with Crippen molar-refractivity contribution in [3.63, 3.8) is 0 Å². The van der Waals surface area contributed by atoms with Crippen LogP contribution in [0.1, 0.15) is 56.3 Å². The van der Waals surface area contributed by atoms with Crippen molar-refractivity contribution >= 4 is 33.4 Å². The Morgan fingerprint density at radius 1 is 1.33 bits per heavy atom. The zero-order valence-corrected chi connectivity index (χ0v) is 17.7. The van der Waals surface area contributed by atoms with Gasteiger partial charge in [0.15, 0.2) is 0 Å². The summed E-state index contributed by atoms with van der Waals surface area (Å²) in [7, 11) is 1.62. The van der Waals surface area contributed by atoms with Gasteiger partial charge in [-0.1, -0.05) is 13.8 Å². The molecule has 0 aliphatic carbocycles. The van der Waals surface area contributed by atoms with Crippen LogP contribution in [0.4, 0.5) is 0 Å². The standard InChI is InChI=1S/C19H27N3O4S/c1-10(2)8-12(18(25)26-19(4,5)6)21-15(23)14-11(3)13-16(27-14)20-9-22(7)17(13)24/h9-10,12H,8H2,1-7H3,(H,21,23)/t12-/m0/s1. The van der Waals surface area contributed by atoms with Gasteiger partial charge in [-0.05, 0) is 45.6 Å². The summed E-state index contributed by atoms with van der Waals surface area (Å²) in [5.41, 5.74) is -0.256. The summed E-state index contributed by atoms with van der Waals surface area (Å²) in [6.45, 7) is 11.0. The highest BCUT2D eigenvalue weighted by molar-refractivity contribution is 7.20. The highest BCUT2D eigenvalue weighted by Crippen LogP contribution is 2.27. The normalized spacial score (nSPS) is 13.0. The van der Waals surface area contributed by atoms with Crippen molar-refractivity contribution in [2.24, 2.45) is 13.0 Å². The molecule has 0 saturated heterocycles. The molecule has 0 aliphatic rings. The zero-order valence-electron chi connectivity index (χ0n) is 16.9. The number of hydrogen-bond acceptors (Lipinski definition) is 6. The van der Waals surface area contributed by atoms with Crippen molar-refractivity contribution in [3.05, 3.63) is 27.1 Å². The number of carbonyl (C=O) groups excluding carboxylic acids is 2. The van der Waals surface area contributed by atoms with Crippen molar-refractivity contribution in [1.82, 2.24) is 14.9 Å². The van der Waals surface area contributed by atoms with E-state index in [0.29, 0.717) is 27.1 Å². The second-order valence-electron chi connectivity index (χ2n) is 8.09. The van der Waals surface area contributed by atoms with Gasteiger partial charge in [-0.25, -0.2) is 9.78 Å². The van der Waals surface area contributed by atoms with Crippen molar-refractivity contribution in [2.75, 3.05) is 0 Å². The molecule has 0 saturated carbocycles. The van der Waals surface area contributed by atoms with Gasteiger partial charge in [-0.3, -0.25) is 9.59 Å². The monoisotopic (exact) mass is 393 g/mol. The van der Waals surface area contributed by atoms with Gasteiger partial charge >= 0.3 is 5.97 Å². The molecule has 0 aliphatic heterocycles. The molecule has 0 bridgehead atoms. The van der Waals surface area contributed by atoms with Crippen molar-refractivity contribution < 1.29 is 14.3 Å². The molecule has 0 fully saturated rings. The zero-order chi connectivity index (χ0) is 20.5. The predicted molar refractivity (Wildman–Crippen MR) is 106 cm³/mol. The molecule has 1 atom stereocenters. The quantitative estimate of drug-likeness (QED) is 0.789. The molecule has 0 aromatic carbocycles. The Morgan fingerprint density at radius 3 is 2.52 bits per heavy atom. The van der Waals surface area contributed by atoms with Crippen LogP contribution in [0.5, 0.6) is 0 Å². The van der Waals surface area contributed by atoms with Gasteiger partial charge in [0.05, 0.1) is 16.6 Å². The van der Waals surface area contributed by atoms with E-state index < -0.39 is 23.5 Å². The fourth-order valence-corrected chi connectivity index (χ4v) is 3.75. The van der Waals surface area contributed by atoms with E-state index in [4.69, 9.17) is 4.74 Å². The number of nitrogens with one attached hydrogen (secondary N) is 1. The highest BCUT2D eigenvalue weighted by Gasteiger charge is 2.29. The van der Waals surface area contributed by atoms with Gasteiger partial charge in [0.25, 0.3) is 11.5 Å². The lowest BCUT2D eigenvalue weighted by molar-refractivity contribution is -0.157. The van der Waals surface area contributed by atoms with E-state index in [-0.39, 0.29) is 11.5 Å². The molecular weight excluding hydrogens is 366 g/mol. The smallest absolute Gasteiger partial charge is 0.329 e. The van der Waals surface area contributed by atoms with Crippen molar-refractivity contribution in [1.29, 1.82) is 0 Å². The van der Waals surface area contributed by atoms with Crippen LogP contribution in [0.25, 0.3) is 10.2 Å². The number of esters is 1. The predicted octanol–water partition coefficient (Wildman–Crippen LogP) is 2.79. The summed E-state index contributed by atoms with van der Waals surface area (Å²) < 4.78 is 6.83. The Kier molecular flexibility index (Phi) is 6.09. The molecule has 148 valence electrons. The number of ether oxygens (including phenoxy) is 1. The van der Waals surface area contributed by atoms with Crippen LogP contribution in [0.3, 0.4) is 0 Å². The molecular formula is C19H27N3O4S. The molecule has 0 spiro atoms. The van der Waals surface area contributed by atoms with E-state index in [1.54, 1.807) is 34.7 Å². The van der Waals surface area contributed by atoms with E-state index in [2.05, 4.69) is 10.3 Å². The molecule has 2 heterocycles. The van der Waals surface area contributed by atoms with Gasteiger partial charge in [-0.2, -0.15) is 0 Å². The molecule has 2 aromatic rings. The minimum Gasteiger partial charge on any atom is -0.458 e. The van der Waals surface area contributed by atoms with Gasteiger partial charge in [0.2, 0.25) is 0 Å². The first-order valence-electron chi connectivity index (χ1n) is 8.89. The molecule has 2 rings (SSSR count). The minimum absolute atomic E-state index is 0.195. The summed E-state index contributed by atoms with van der Waals surface area (Å²) >= 11 is 1.15. The van der Waals surface area contributed by atoms with E-state index in [0.717, 1.165) is 11.3 Å². The molecule has 0 radical (unpaired) electrons. The largest absolute Gasteiger partial charge is 0.458 e. The summed E-state index contributed by atoms with van der Waals surface area (Å²) in [6, 6.07) is -0.753. The first kappa shape index (κ1) is 21.1. The van der Waals surface area contributed by atoms with E-state index in [1.165, 1.54) is 10.9 Å². The fourth-order valence-electron chi connectivity index (χ4n) is 2.71. The van der Waals surface area contributed by atoms with Gasteiger partial charge in [0.1, 0.15) is 16.5 Å². The van der Waals surface area contributed by atoms with Crippen LogP contribution in [-0.2, 0) is 16.6 Å². The number of hydrogen-bond donors (Lipinski definition) is 1. The number of thiophene rings is 1. The number of fused-ring (bicyclic) bond motifs is 1. The first-order valence-corrected chi connectivity index (χ1v) is 9.70. The summed E-state index contributed by atoms with van der Waals surface area (Å²) in [5, 5.41) is 3.22. The lowest BCUT2D eigenvalue weighted by atomic mass is 10.0. The number of aromatic nitrogens is 2. The van der Waals surface area contributed by atoms with Crippen molar-refractivity contribution in [2.45, 2.75) is 59.6 Å². The molecule has 8 heteroatoms. The lowest BCUT2D eigenvalue weighted by Crippen LogP contribution is -2.44. The third-order valence-electron chi connectivity index (χ3n) is 3.92.